The van der Waals surface area contributed by atoms with Gasteiger partial charge in [0.05, 0.1) is 35.7 Å². The summed E-state index contributed by atoms with van der Waals surface area (Å²) in [5.41, 5.74) is 4.72. The molecule has 0 aliphatic heterocycles. The highest BCUT2D eigenvalue weighted by molar-refractivity contribution is 6.07. The van der Waals surface area contributed by atoms with Crippen LogP contribution < -0.4 is 26.0 Å². The Balaban J connectivity index is 1.09. The van der Waals surface area contributed by atoms with Gasteiger partial charge in [-0.2, -0.15) is 5.10 Å². The quantitative estimate of drug-likeness (QED) is 0.108. The fraction of sp³-hybridized carbons (Fsp3) is 0.220. The molecule has 0 unspecified atom stereocenters. The van der Waals surface area contributed by atoms with E-state index in [0.717, 1.165) is 33.3 Å². The highest BCUT2D eigenvalue weighted by Gasteiger charge is 2.22. The maximum absolute atomic E-state index is 13.4. The molecule has 6 rings (SSSR count). The first kappa shape index (κ1) is 36.2. The molecule has 6 aromatic rings. The Morgan fingerprint density at radius 1 is 0.792 bits per heavy atom. The van der Waals surface area contributed by atoms with Crippen LogP contribution in [-0.4, -0.2) is 50.7 Å². The van der Waals surface area contributed by atoms with Crippen molar-refractivity contribution in [2.24, 2.45) is 0 Å². The molecule has 3 aromatic heterocycles. The summed E-state index contributed by atoms with van der Waals surface area (Å²) < 4.78 is 8.02. The number of nitrogens with one attached hydrogen (secondary N) is 4. The van der Waals surface area contributed by atoms with E-state index >= 15 is 0 Å². The number of pyridine rings is 2. The summed E-state index contributed by atoms with van der Waals surface area (Å²) in [4.78, 5) is 46.6. The standard InChI is InChI=1S/C41H42N8O4/c1-27-9-11-30(12-10-27)49-37(25-36(48-49)41(2,3)4)47-40(52)46-34-13-14-35(33-8-6-5-7-32(33)34)53-31-18-22-43-29(23-31)24-38(50)45-26-39(51)44-21-17-28-15-19-42-20-16-28/h5-16,18-20,22-23,25H,17,21,24,26H2,1-4H3,(H,44,51)(H,45,50)(H2,46,47,52). The zero-order valence-electron chi connectivity index (χ0n) is 30.1. The highest BCUT2D eigenvalue weighted by atomic mass is 16.5. The molecule has 0 aliphatic carbocycles. The predicted octanol–water partition coefficient (Wildman–Crippen LogP) is 6.88. The summed E-state index contributed by atoms with van der Waals surface area (Å²) in [6.07, 6.45) is 5.62. The molecule has 0 radical (unpaired) electrons. The van der Waals surface area contributed by atoms with Crippen molar-refractivity contribution in [3.63, 3.8) is 0 Å². The Kier molecular flexibility index (Phi) is 11.1. The minimum atomic E-state index is -0.419. The molecular weight excluding hydrogens is 669 g/mol. The number of amides is 4. The lowest BCUT2D eigenvalue weighted by molar-refractivity contribution is -0.125. The van der Waals surface area contributed by atoms with Gasteiger partial charge in [0.25, 0.3) is 0 Å². The van der Waals surface area contributed by atoms with Gasteiger partial charge in [-0.3, -0.25) is 24.9 Å². The monoisotopic (exact) mass is 710 g/mol. The Hall–Kier alpha value is -6.56. The van der Waals surface area contributed by atoms with Crippen molar-refractivity contribution >= 4 is 40.1 Å². The zero-order valence-corrected chi connectivity index (χ0v) is 30.1. The molecule has 12 heteroatoms. The second-order valence-electron chi connectivity index (χ2n) is 13.6. The smallest absolute Gasteiger partial charge is 0.324 e. The number of rotatable bonds is 12. The van der Waals surface area contributed by atoms with E-state index in [1.54, 1.807) is 47.5 Å². The van der Waals surface area contributed by atoms with E-state index in [4.69, 9.17) is 9.84 Å². The van der Waals surface area contributed by atoms with Gasteiger partial charge in [0.15, 0.2) is 0 Å². The third-order valence-corrected chi connectivity index (χ3v) is 8.42. The average Bonchev–Trinajstić information content (AvgIpc) is 3.57. The van der Waals surface area contributed by atoms with Crippen molar-refractivity contribution in [1.29, 1.82) is 0 Å². The number of hydrogen-bond acceptors (Lipinski definition) is 7. The van der Waals surface area contributed by atoms with Gasteiger partial charge in [-0.15, -0.1) is 0 Å². The zero-order chi connectivity index (χ0) is 37.4. The number of ether oxygens (including phenoxy) is 1. The number of nitrogens with zero attached hydrogens (tertiary/aromatic N) is 4. The van der Waals surface area contributed by atoms with Crippen LogP contribution in [0.15, 0.2) is 110 Å². The Bertz CT molecular complexity index is 2230. The Morgan fingerprint density at radius 2 is 1.55 bits per heavy atom. The fourth-order valence-electron chi connectivity index (χ4n) is 5.57. The normalized spacial score (nSPS) is 11.2. The first-order chi connectivity index (χ1) is 25.5. The third-order valence-electron chi connectivity index (χ3n) is 8.42. The molecule has 0 bridgehead atoms. The van der Waals surface area contributed by atoms with Crippen molar-refractivity contribution < 1.29 is 19.1 Å². The van der Waals surface area contributed by atoms with Crippen LogP contribution in [0.25, 0.3) is 16.5 Å². The van der Waals surface area contributed by atoms with E-state index in [2.05, 4.69) is 52.0 Å². The van der Waals surface area contributed by atoms with Crippen LogP contribution >= 0.6 is 0 Å². The lowest BCUT2D eigenvalue weighted by atomic mass is 9.92. The SMILES string of the molecule is Cc1ccc(-n2nc(C(C)(C)C)cc2NC(=O)Nc2ccc(Oc3ccnc(CC(=O)NCC(=O)NCCc4ccncc4)c3)c3ccccc23)cc1. The van der Waals surface area contributed by atoms with Crippen LogP contribution in [0.1, 0.15) is 43.3 Å². The number of urea groups is 1. The van der Waals surface area contributed by atoms with Gasteiger partial charge >= 0.3 is 6.03 Å². The van der Waals surface area contributed by atoms with Gasteiger partial charge in [0.1, 0.15) is 17.3 Å². The number of aromatic nitrogens is 4. The number of fused-ring (bicyclic) bond motifs is 1. The van der Waals surface area contributed by atoms with Crippen molar-refractivity contribution in [2.45, 2.75) is 46.0 Å². The number of carbonyl (C=O) groups excluding carboxylic acids is 3. The molecule has 270 valence electrons. The summed E-state index contributed by atoms with van der Waals surface area (Å²) >= 11 is 0. The molecule has 0 saturated heterocycles. The minimum Gasteiger partial charge on any atom is -0.457 e. The van der Waals surface area contributed by atoms with E-state index in [9.17, 15) is 14.4 Å². The van der Waals surface area contributed by atoms with Crippen LogP contribution in [0, 0.1) is 6.92 Å². The number of anilines is 2. The van der Waals surface area contributed by atoms with Crippen LogP contribution in [0.4, 0.5) is 16.3 Å². The van der Waals surface area contributed by atoms with Crippen LogP contribution in [-0.2, 0) is 27.8 Å². The Morgan fingerprint density at radius 3 is 2.30 bits per heavy atom. The maximum Gasteiger partial charge on any atom is 0.324 e. The van der Waals surface area contributed by atoms with Crippen molar-refractivity contribution in [2.75, 3.05) is 23.7 Å². The van der Waals surface area contributed by atoms with Crippen LogP contribution in [0.3, 0.4) is 0 Å². The van der Waals surface area contributed by atoms with E-state index in [1.165, 1.54) is 0 Å². The highest BCUT2D eigenvalue weighted by Crippen LogP contribution is 2.35. The summed E-state index contributed by atoms with van der Waals surface area (Å²) in [5.74, 6) is 0.976. The van der Waals surface area contributed by atoms with E-state index in [-0.39, 0.29) is 30.2 Å². The number of benzene rings is 3. The lowest BCUT2D eigenvalue weighted by Crippen LogP contribution is -2.38. The molecule has 3 heterocycles. The molecule has 53 heavy (non-hydrogen) atoms. The van der Waals surface area contributed by atoms with Gasteiger partial charge in [-0.05, 0) is 61.4 Å². The van der Waals surface area contributed by atoms with Crippen molar-refractivity contribution in [3.05, 3.63) is 132 Å². The summed E-state index contributed by atoms with van der Waals surface area (Å²) in [5, 5.41) is 17.8. The second kappa shape index (κ2) is 16.2. The number of hydrogen-bond donors (Lipinski definition) is 4. The van der Waals surface area contributed by atoms with Gasteiger partial charge in [-0.25, -0.2) is 9.48 Å². The van der Waals surface area contributed by atoms with Crippen molar-refractivity contribution in [3.8, 4) is 17.2 Å². The van der Waals surface area contributed by atoms with Crippen LogP contribution in [0.2, 0.25) is 0 Å². The molecule has 3 aromatic carbocycles. The second-order valence-corrected chi connectivity index (χ2v) is 13.6. The largest absolute Gasteiger partial charge is 0.457 e. The van der Waals surface area contributed by atoms with Crippen LogP contribution in [0.5, 0.6) is 11.5 Å². The lowest BCUT2D eigenvalue weighted by Gasteiger charge is -2.14. The number of carbonyl (C=O) groups is 3. The minimum absolute atomic E-state index is 0.0275. The van der Waals surface area contributed by atoms with Gasteiger partial charge in [0, 0.05) is 53.5 Å². The molecule has 0 aliphatic rings. The van der Waals surface area contributed by atoms with Gasteiger partial charge < -0.3 is 20.7 Å². The van der Waals surface area contributed by atoms with Gasteiger partial charge in [-0.1, -0.05) is 62.7 Å². The molecule has 4 amide bonds. The van der Waals surface area contributed by atoms with E-state index < -0.39 is 6.03 Å². The fourth-order valence-corrected chi connectivity index (χ4v) is 5.57. The molecule has 0 saturated carbocycles. The predicted molar refractivity (Wildman–Crippen MR) is 206 cm³/mol. The average molecular weight is 711 g/mol. The molecule has 0 spiro atoms. The summed E-state index contributed by atoms with van der Waals surface area (Å²) in [7, 11) is 0. The molecule has 4 N–H and O–H groups in total. The third kappa shape index (κ3) is 9.61. The molecule has 12 nitrogen and oxygen atoms in total. The number of aryl methyl sites for hydroxylation is 1. The molecular formula is C41H42N8O4. The first-order valence-corrected chi connectivity index (χ1v) is 17.3. The molecule has 0 fully saturated rings. The maximum atomic E-state index is 13.4. The Labute approximate surface area is 308 Å². The topological polar surface area (TPSA) is 152 Å². The summed E-state index contributed by atoms with van der Waals surface area (Å²) in [6, 6.07) is 27.8. The van der Waals surface area contributed by atoms with Crippen molar-refractivity contribution in [1.82, 2.24) is 30.4 Å². The summed E-state index contributed by atoms with van der Waals surface area (Å²) in [6.45, 7) is 8.58. The molecule has 0 atom stereocenters. The van der Waals surface area contributed by atoms with E-state index in [1.807, 2.05) is 73.7 Å². The first-order valence-electron chi connectivity index (χ1n) is 17.3. The van der Waals surface area contributed by atoms with E-state index in [0.29, 0.717) is 41.7 Å². The van der Waals surface area contributed by atoms with Gasteiger partial charge in [0.2, 0.25) is 11.8 Å².